The molecule has 13 nitrogen and oxygen atoms in total. The van der Waals surface area contributed by atoms with Gasteiger partial charge in [0.05, 0.1) is 13.0 Å². The largest absolute Gasteiger partial charge is 0.443 e. The van der Waals surface area contributed by atoms with Gasteiger partial charge in [-0.15, -0.1) is 0 Å². The Balaban J connectivity index is 2.27. The van der Waals surface area contributed by atoms with E-state index in [-0.39, 0.29) is 24.5 Å². The molecule has 1 saturated heterocycles. The number of ketones is 1. The maximum Gasteiger partial charge on any atom is 0.351 e. The molecule has 1 aliphatic heterocycles. The fourth-order valence-electron chi connectivity index (χ4n) is 2.59. The number of nitrogens with zero attached hydrogens (tertiary/aromatic N) is 5. The van der Waals surface area contributed by atoms with Gasteiger partial charge in [-0.3, -0.25) is 14.2 Å². The number of anilines is 1. The van der Waals surface area contributed by atoms with Crippen molar-refractivity contribution in [2.45, 2.75) is 43.8 Å². The first-order chi connectivity index (χ1) is 13.3. The number of Topliss-reactive ketones (excluding diaryl/α,β-unsaturated/α-hetero) is 1. The highest BCUT2D eigenvalue weighted by Crippen LogP contribution is 2.39. The third-order valence-electron chi connectivity index (χ3n) is 3.91. The highest BCUT2D eigenvalue weighted by Gasteiger charge is 2.56. The molecule has 5 atom stereocenters. The second kappa shape index (κ2) is 8.75. The first-order valence-electron chi connectivity index (χ1n) is 7.89. The molecule has 1 aromatic heterocycles. The lowest BCUT2D eigenvalue weighted by Gasteiger charge is -2.23. The van der Waals surface area contributed by atoms with Crippen LogP contribution in [0.15, 0.2) is 22.2 Å². The molecule has 1 fully saturated rings. The molecule has 0 bridgehead atoms. The van der Waals surface area contributed by atoms with E-state index < -0.39 is 42.8 Å². The predicted molar refractivity (Wildman–Crippen MR) is 88.3 cm³/mol. The van der Waals surface area contributed by atoms with E-state index in [2.05, 4.69) is 25.1 Å². The Hall–Kier alpha value is -3.06. The van der Waals surface area contributed by atoms with Gasteiger partial charge in [-0.05, 0) is 18.5 Å². The molecular formula is C14H17FN6O7. The Bertz CT molecular complexity index is 844. The highest BCUT2D eigenvalue weighted by atomic mass is 19.1. The van der Waals surface area contributed by atoms with Crippen molar-refractivity contribution >= 4 is 18.1 Å². The number of carbonyl (C=O) groups is 2. The molecule has 1 aromatic rings. The Kier molecular flexibility index (Phi) is 6.64. The van der Waals surface area contributed by atoms with Gasteiger partial charge in [0, 0.05) is 11.1 Å². The van der Waals surface area contributed by atoms with Crippen molar-refractivity contribution in [3.63, 3.8) is 0 Å². The number of aromatic nitrogens is 2. The summed E-state index contributed by atoms with van der Waals surface area (Å²) in [6.07, 6.45) is -6.14. The molecule has 3 N–H and O–H groups in total. The van der Waals surface area contributed by atoms with Crippen LogP contribution >= 0.6 is 0 Å². The van der Waals surface area contributed by atoms with E-state index in [1.54, 1.807) is 0 Å². The lowest BCUT2D eigenvalue weighted by atomic mass is 10.1. The smallest absolute Gasteiger partial charge is 0.351 e. The number of aliphatic hydroxyl groups excluding tert-OH is 2. The molecule has 2 heterocycles. The SMILES string of the molecule is CC(=O)C[C@H](Nc1ccn(C2O[C@@](CO)(N=[N+]=[N-])C(O)[C@@H]2F)c(=O)n1)OC=O. The molecule has 1 aliphatic rings. The number of carbonyl (C=O) groups excluding carboxylic acids is 2. The first-order valence-corrected chi connectivity index (χ1v) is 7.89. The number of nitrogens with one attached hydrogen (secondary N) is 1. The normalized spacial score (nSPS) is 27.5. The monoisotopic (exact) mass is 400 g/mol. The van der Waals surface area contributed by atoms with Crippen LogP contribution in [0.2, 0.25) is 0 Å². The van der Waals surface area contributed by atoms with Crippen molar-refractivity contribution in [1.29, 1.82) is 0 Å². The minimum absolute atomic E-state index is 0.0771. The summed E-state index contributed by atoms with van der Waals surface area (Å²) < 4.78 is 24.9. The molecule has 28 heavy (non-hydrogen) atoms. The molecule has 0 radical (unpaired) electrons. The van der Waals surface area contributed by atoms with Crippen LogP contribution in [0.3, 0.4) is 0 Å². The average molecular weight is 400 g/mol. The van der Waals surface area contributed by atoms with E-state index in [1.807, 2.05) is 0 Å². The summed E-state index contributed by atoms with van der Waals surface area (Å²) in [6, 6.07) is 1.21. The number of aliphatic hydroxyl groups is 2. The van der Waals surface area contributed by atoms with E-state index in [4.69, 9.17) is 10.3 Å². The van der Waals surface area contributed by atoms with Gasteiger partial charge in [0.15, 0.2) is 18.6 Å². The zero-order valence-electron chi connectivity index (χ0n) is 14.5. The second-order valence-corrected chi connectivity index (χ2v) is 5.86. The fourth-order valence-corrected chi connectivity index (χ4v) is 2.59. The maximum absolute atomic E-state index is 14.4. The third-order valence-corrected chi connectivity index (χ3v) is 3.91. The van der Waals surface area contributed by atoms with Crippen LogP contribution in [0.1, 0.15) is 19.6 Å². The second-order valence-electron chi connectivity index (χ2n) is 5.86. The highest BCUT2D eigenvalue weighted by molar-refractivity contribution is 5.76. The summed E-state index contributed by atoms with van der Waals surface area (Å²) in [5.74, 6) is -0.369. The van der Waals surface area contributed by atoms with Crippen LogP contribution in [0.4, 0.5) is 10.2 Å². The number of halogens is 1. The summed E-state index contributed by atoms with van der Waals surface area (Å²) in [5.41, 5.74) is 5.24. The summed E-state index contributed by atoms with van der Waals surface area (Å²) in [4.78, 5) is 39.9. The van der Waals surface area contributed by atoms with E-state index in [1.165, 1.54) is 13.0 Å². The maximum atomic E-state index is 14.4. The average Bonchev–Trinajstić information content (AvgIpc) is 2.87. The van der Waals surface area contributed by atoms with E-state index in [0.29, 0.717) is 4.57 Å². The number of rotatable bonds is 9. The number of hydrogen-bond donors (Lipinski definition) is 3. The number of hydrogen-bond acceptors (Lipinski definition) is 10. The molecule has 0 saturated carbocycles. The standard InChI is InChI=1S/C14H17FN6O7/c1-7(24)4-9(27-6-23)17-8-2-3-21(13(26)18-8)12-10(15)11(25)14(5-22,28-12)19-20-16/h2-3,6,9-12,22,25H,4-5H2,1H3,(H,17,18,26)/t9-,10+,11?,12?,14-/m1/s1. The molecule has 0 aliphatic carbocycles. The summed E-state index contributed by atoms with van der Waals surface area (Å²) in [7, 11) is 0. The molecule has 0 amide bonds. The van der Waals surface area contributed by atoms with Crippen molar-refractivity contribution < 1.29 is 33.7 Å². The van der Waals surface area contributed by atoms with Crippen molar-refractivity contribution in [3.8, 4) is 0 Å². The topological polar surface area (TPSA) is 189 Å². The lowest BCUT2D eigenvalue weighted by molar-refractivity contribution is -0.134. The van der Waals surface area contributed by atoms with Crippen LogP contribution in [-0.4, -0.2) is 62.9 Å². The molecule has 2 rings (SSSR count). The van der Waals surface area contributed by atoms with Crippen LogP contribution in [0, 0.1) is 0 Å². The van der Waals surface area contributed by atoms with Crippen LogP contribution in [-0.2, 0) is 19.1 Å². The van der Waals surface area contributed by atoms with Crippen molar-refractivity contribution in [1.82, 2.24) is 9.55 Å². The van der Waals surface area contributed by atoms with Crippen molar-refractivity contribution in [2.24, 2.45) is 5.11 Å². The Morgan fingerprint density at radius 2 is 2.43 bits per heavy atom. The van der Waals surface area contributed by atoms with Crippen molar-refractivity contribution in [3.05, 3.63) is 33.2 Å². The minimum atomic E-state index is -2.29. The number of azide groups is 1. The van der Waals surface area contributed by atoms with Crippen molar-refractivity contribution in [2.75, 3.05) is 11.9 Å². The van der Waals surface area contributed by atoms with Crippen LogP contribution in [0.25, 0.3) is 10.4 Å². The van der Waals surface area contributed by atoms with Crippen LogP contribution < -0.4 is 11.0 Å². The predicted octanol–water partition coefficient (Wildman–Crippen LogP) is -0.640. The van der Waals surface area contributed by atoms with Gasteiger partial charge >= 0.3 is 5.69 Å². The first kappa shape index (κ1) is 21.2. The van der Waals surface area contributed by atoms with Gasteiger partial charge in [0.2, 0.25) is 5.72 Å². The zero-order valence-corrected chi connectivity index (χ0v) is 14.5. The van der Waals surface area contributed by atoms with Gasteiger partial charge in [-0.25, -0.2) is 9.18 Å². The summed E-state index contributed by atoms with van der Waals surface area (Å²) in [6.45, 7) is 0.371. The van der Waals surface area contributed by atoms with Gasteiger partial charge in [-0.1, -0.05) is 5.11 Å². The molecule has 0 aromatic carbocycles. The fraction of sp³-hybridized carbons (Fsp3) is 0.571. The number of alkyl halides is 1. The number of ether oxygens (including phenoxy) is 2. The summed E-state index contributed by atoms with van der Waals surface area (Å²) >= 11 is 0. The van der Waals surface area contributed by atoms with Crippen LogP contribution in [0.5, 0.6) is 0 Å². The quantitative estimate of drug-likeness (QED) is 0.159. The third kappa shape index (κ3) is 4.26. The Labute approximate surface area is 156 Å². The zero-order chi connectivity index (χ0) is 20.9. The van der Waals surface area contributed by atoms with Gasteiger partial charge in [0.25, 0.3) is 6.47 Å². The van der Waals surface area contributed by atoms with E-state index in [0.717, 1.165) is 6.20 Å². The Morgan fingerprint density at radius 1 is 1.71 bits per heavy atom. The summed E-state index contributed by atoms with van der Waals surface area (Å²) in [5, 5.41) is 24.9. The molecule has 14 heteroatoms. The molecule has 2 unspecified atom stereocenters. The van der Waals surface area contributed by atoms with E-state index in [9.17, 15) is 29.0 Å². The lowest BCUT2D eigenvalue weighted by Crippen LogP contribution is -2.43. The molecular weight excluding hydrogens is 383 g/mol. The van der Waals surface area contributed by atoms with E-state index >= 15 is 0 Å². The van der Waals surface area contributed by atoms with Gasteiger partial charge in [0.1, 0.15) is 17.7 Å². The molecule has 152 valence electrons. The van der Waals surface area contributed by atoms with Gasteiger partial charge < -0.3 is 25.0 Å². The molecule has 0 spiro atoms. The minimum Gasteiger partial charge on any atom is -0.443 e. The Morgan fingerprint density at radius 3 is 2.96 bits per heavy atom. The van der Waals surface area contributed by atoms with Gasteiger partial charge in [-0.2, -0.15) is 4.98 Å².